The van der Waals surface area contributed by atoms with E-state index in [1.165, 1.54) is 4.31 Å². The van der Waals surface area contributed by atoms with Gasteiger partial charge in [0.05, 0.1) is 17.4 Å². The van der Waals surface area contributed by atoms with Crippen molar-refractivity contribution in [3.05, 3.63) is 53.6 Å². The zero-order valence-corrected chi connectivity index (χ0v) is 18.0. The highest BCUT2D eigenvalue weighted by atomic mass is 32.2. The van der Waals surface area contributed by atoms with Crippen LogP contribution in [0.25, 0.3) is 0 Å². The van der Waals surface area contributed by atoms with Gasteiger partial charge in [-0.15, -0.1) is 0 Å². The molecule has 1 saturated heterocycles. The third-order valence-corrected chi connectivity index (χ3v) is 7.10. The van der Waals surface area contributed by atoms with Crippen molar-refractivity contribution in [3.63, 3.8) is 0 Å². The first-order valence-electron chi connectivity index (χ1n) is 9.93. The van der Waals surface area contributed by atoms with E-state index in [4.69, 9.17) is 4.74 Å². The van der Waals surface area contributed by atoms with Crippen LogP contribution in [0.1, 0.15) is 30.9 Å². The molecule has 0 unspecified atom stereocenters. The van der Waals surface area contributed by atoms with Gasteiger partial charge in [0.2, 0.25) is 15.9 Å². The summed E-state index contributed by atoms with van der Waals surface area (Å²) in [7, 11) is -3.67. The lowest BCUT2D eigenvalue weighted by molar-refractivity contribution is -0.120. The molecule has 6 nitrogen and oxygen atoms in total. The smallest absolute Gasteiger partial charge is 0.243 e. The summed E-state index contributed by atoms with van der Waals surface area (Å²) in [6.45, 7) is 6.78. The number of ether oxygens (including phenoxy) is 1. The summed E-state index contributed by atoms with van der Waals surface area (Å²) in [5.41, 5.74) is 2.52. The minimum absolute atomic E-state index is 0.137. The molecular formula is C22H28N2O4S. The van der Waals surface area contributed by atoms with Crippen molar-refractivity contribution in [3.8, 4) is 5.75 Å². The molecule has 29 heavy (non-hydrogen) atoms. The Bertz CT molecular complexity index is 988. The number of para-hydroxylation sites is 1. The minimum Gasteiger partial charge on any atom is -0.494 e. The molecule has 0 radical (unpaired) electrons. The number of hydrogen-bond acceptors (Lipinski definition) is 4. The van der Waals surface area contributed by atoms with Crippen LogP contribution in [0.2, 0.25) is 0 Å². The van der Waals surface area contributed by atoms with Gasteiger partial charge in [0.1, 0.15) is 5.75 Å². The summed E-state index contributed by atoms with van der Waals surface area (Å²) < 4.78 is 33.2. The van der Waals surface area contributed by atoms with E-state index in [2.05, 4.69) is 5.32 Å². The number of nitrogens with one attached hydrogen (secondary N) is 1. The molecule has 1 atom stereocenters. The van der Waals surface area contributed by atoms with Crippen LogP contribution in [0.3, 0.4) is 0 Å². The van der Waals surface area contributed by atoms with Crippen LogP contribution in [0.4, 0.5) is 5.69 Å². The van der Waals surface area contributed by atoms with E-state index in [9.17, 15) is 13.2 Å². The lowest BCUT2D eigenvalue weighted by atomic mass is 9.98. The zero-order chi connectivity index (χ0) is 21.0. The number of rotatable bonds is 6. The fourth-order valence-electron chi connectivity index (χ4n) is 3.57. The topological polar surface area (TPSA) is 75.7 Å². The van der Waals surface area contributed by atoms with Gasteiger partial charge in [-0.1, -0.05) is 18.2 Å². The van der Waals surface area contributed by atoms with E-state index < -0.39 is 10.0 Å². The number of anilines is 1. The van der Waals surface area contributed by atoms with Crippen molar-refractivity contribution >= 4 is 21.6 Å². The molecule has 0 aromatic heterocycles. The van der Waals surface area contributed by atoms with E-state index in [-0.39, 0.29) is 23.3 Å². The Hall–Kier alpha value is -2.38. The first kappa shape index (κ1) is 21.3. The van der Waals surface area contributed by atoms with Crippen LogP contribution >= 0.6 is 0 Å². The fourth-order valence-corrected chi connectivity index (χ4v) is 5.18. The fraction of sp³-hybridized carbons (Fsp3) is 0.409. The van der Waals surface area contributed by atoms with E-state index in [1.807, 2.05) is 45.0 Å². The maximum absolute atomic E-state index is 13.1. The molecule has 2 aromatic carbocycles. The monoisotopic (exact) mass is 416 g/mol. The molecule has 1 fully saturated rings. The molecule has 1 N–H and O–H groups in total. The van der Waals surface area contributed by atoms with Gasteiger partial charge >= 0.3 is 0 Å². The number of amides is 1. The predicted octanol–water partition coefficient (Wildman–Crippen LogP) is 3.74. The van der Waals surface area contributed by atoms with Crippen molar-refractivity contribution in [2.45, 2.75) is 38.5 Å². The molecule has 1 heterocycles. The highest BCUT2D eigenvalue weighted by Crippen LogP contribution is 2.28. The molecule has 7 heteroatoms. The van der Waals surface area contributed by atoms with Crippen molar-refractivity contribution in [1.82, 2.24) is 4.31 Å². The van der Waals surface area contributed by atoms with E-state index in [0.29, 0.717) is 31.7 Å². The molecule has 2 aromatic rings. The largest absolute Gasteiger partial charge is 0.494 e. The van der Waals surface area contributed by atoms with Gasteiger partial charge < -0.3 is 10.1 Å². The molecule has 156 valence electrons. The highest BCUT2D eigenvalue weighted by Gasteiger charge is 2.33. The van der Waals surface area contributed by atoms with Gasteiger partial charge in [0.15, 0.2) is 0 Å². The molecule has 0 saturated carbocycles. The lowest BCUT2D eigenvalue weighted by Gasteiger charge is -2.31. The SMILES string of the molecule is CCOc1ccc(S(=O)(=O)N2CCC[C@H](C(=O)Nc3ccccc3C)C2)cc1C. The van der Waals surface area contributed by atoms with Crippen molar-refractivity contribution in [2.75, 3.05) is 25.0 Å². The number of carbonyl (C=O) groups is 1. The first-order chi connectivity index (χ1) is 13.8. The maximum atomic E-state index is 13.1. The Morgan fingerprint density at radius 1 is 1.17 bits per heavy atom. The number of sulfonamides is 1. The molecule has 0 bridgehead atoms. The quantitative estimate of drug-likeness (QED) is 0.778. The van der Waals surface area contributed by atoms with Gasteiger partial charge in [-0.25, -0.2) is 8.42 Å². The Kier molecular flexibility index (Phi) is 6.59. The van der Waals surface area contributed by atoms with Crippen LogP contribution in [0.5, 0.6) is 5.75 Å². The average molecular weight is 417 g/mol. The summed E-state index contributed by atoms with van der Waals surface area (Å²) >= 11 is 0. The average Bonchev–Trinajstić information content (AvgIpc) is 2.71. The number of carbonyl (C=O) groups excluding carboxylic acids is 1. The Morgan fingerprint density at radius 2 is 1.93 bits per heavy atom. The molecule has 1 aliphatic heterocycles. The zero-order valence-electron chi connectivity index (χ0n) is 17.1. The van der Waals surface area contributed by atoms with E-state index in [1.54, 1.807) is 18.2 Å². The van der Waals surface area contributed by atoms with Crippen LogP contribution in [-0.2, 0) is 14.8 Å². The summed E-state index contributed by atoms with van der Waals surface area (Å²) in [6, 6.07) is 12.5. The predicted molar refractivity (Wildman–Crippen MR) is 114 cm³/mol. The highest BCUT2D eigenvalue weighted by molar-refractivity contribution is 7.89. The molecule has 1 amide bonds. The number of nitrogens with zero attached hydrogens (tertiary/aromatic N) is 1. The summed E-state index contributed by atoms with van der Waals surface area (Å²) in [6.07, 6.45) is 1.33. The Labute approximate surface area is 172 Å². The van der Waals surface area contributed by atoms with Gasteiger partial charge in [0.25, 0.3) is 0 Å². The second kappa shape index (κ2) is 8.97. The molecular weight excluding hydrogens is 388 g/mol. The maximum Gasteiger partial charge on any atom is 0.243 e. The molecule has 0 spiro atoms. The van der Waals surface area contributed by atoms with Gasteiger partial charge in [-0.3, -0.25) is 4.79 Å². The first-order valence-corrected chi connectivity index (χ1v) is 11.4. The second-order valence-electron chi connectivity index (χ2n) is 7.37. The summed E-state index contributed by atoms with van der Waals surface area (Å²) in [5.74, 6) is 0.171. The minimum atomic E-state index is -3.67. The Balaban J connectivity index is 1.75. The van der Waals surface area contributed by atoms with E-state index in [0.717, 1.165) is 16.8 Å². The van der Waals surface area contributed by atoms with Gasteiger partial charge in [-0.2, -0.15) is 4.31 Å². The third-order valence-electron chi connectivity index (χ3n) is 5.24. The van der Waals surface area contributed by atoms with Crippen molar-refractivity contribution < 1.29 is 17.9 Å². The second-order valence-corrected chi connectivity index (χ2v) is 9.30. The van der Waals surface area contributed by atoms with Crippen LogP contribution in [0.15, 0.2) is 47.4 Å². The summed E-state index contributed by atoms with van der Waals surface area (Å²) in [5, 5.41) is 2.95. The van der Waals surface area contributed by atoms with Crippen molar-refractivity contribution in [1.29, 1.82) is 0 Å². The van der Waals surface area contributed by atoms with Crippen LogP contribution in [0, 0.1) is 19.8 Å². The number of piperidine rings is 1. The van der Waals surface area contributed by atoms with Crippen molar-refractivity contribution in [2.24, 2.45) is 5.92 Å². The summed E-state index contributed by atoms with van der Waals surface area (Å²) in [4.78, 5) is 13.0. The molecule has 0 aliphatic carbocycles. The lowest BCUT2D eigenvalue weighted by Crippen LogP contribution is -2.43. The number of benzene rings is 2. The third kappa shape index (κ3) is 4.79. The van der Waals surface area contributed by atoms with Gasteiger partial charge in [0, 0.05) is 18.8 Å². The molecule has 3 rings (SSSR count). The standard InChI is InChI=1S/C22H28N2O4S/c1-4-28-21-12-11-19(14-17(21)3)29(26,27)24-13-7-9-18(15-24)22(25)23-20-10-6-5-8-16(20)2/h5-6,8,10-12,14,18H,4,7,9,13,15H2,1-3H3,(H,23,25)/t18-/m0/s1. The van der Waals surface area contributed by atoms with Crippen LogP contribution < -0.4 is 10.1 Å². The van der Waals surface area contributed by atoms with E-state index >= 15 is 0 Å². The molecule has 1 aliphatic rings. The Morgan fingerprint density at radius 3 is 2.62 bits per heavy atom. The van der Waals surface area contributed by atoms with Gasteiger partial charge in [-0.05, 0) is 69.0 Å². The number of hydrogen-bond donors (Lipinski definition) is 1. The van der Waals surface area contributed by atoms with Crippen LogP contribution in [-0.4, -0.2) is 38.3 Å². The number of aryl methyl sites for hydroxylation is 2. The normalized spacial score (nSPS) is 17.7.